The lowest BCUT2D eigenvalue weighted by Gasteiger charge is -2.25. The van der Waals surface area contributed by atoms with Crippen LogP contribution >= 0.6 is 0 Å². The summed E-state index contributed by atoms with van der Waals surface area (Å²) < 4.78 is 0. The van der Waals surface area contributed by atoms with E-state index in [1.807, 2.05) is 7.05 Å². The van der Waals surface area contributed by atoms with Crippen LogP contribution in [-0.4, -0.2) is 74.2 Å². The number of likely N-dealkylation sites (N-methyl/N-ethyl adjacent to an activating group) is 1. The van der Waals surface area contributed by atoms with E-state index in [0.717, 1.165) is 31.6 Å². The Morgan fingerprint density at radius 1 is 1.26 bits per heavy atom. The first kappa shape index (κ1) is 18.5. The fourth-order valence-electron chi connectivity index (χ4n) is 3.86. The topological polar surface area (TPSA) is 42.9 Å². The van der Waals surface area contributed by atoms with Crippen molar-refractivity contribution in [2.75, 3.05) is 40.3 Å². The Kier molecular flexibility index (Phi) is 7.15. The van der Waals surface area contributed by atoms with Gasteiger partial charge in [-0.3, -0.25) is 9.89 Å². The molecular weight excluding hydrogens is 286 g/mol. The van der Waals surface area contributed by atoms with Crippen molar-refractivity contribution >= 4 is 5.96 Å². The van der Waals surface area contributed by atoms with Crippen molar-refractivity contribution in [2.45, 2.75) is 64.6 Å². The van der Waals surface area contributed by atoms with Crippen LogP contribution in [0.5, 0.6) is 0 Å². The van der Waals surface area contributed by atoms with E-state index in [1.54, 1.807) is 0 Å². The number of hydrogen-bond acceptors (Lipinski definition) is 3. The zero-order valence-electron chi connectivity index (χ0n) is 15.8. The lowest BCUT2D eigenvalue weighted by atomic mass is 10.1. The van der Waals surface area contributed by atoms with Gasteiger partial charge in [0.1, 0.15) is 0 Å². The number of guanidine groups is 1. The molecule has 134 valence electrons. The molecule has 0 amide bonds. The molecule has 2 fully saturated rings. The lowest BCUT2D eigenvalue weighted by molar-refractivity contribution is 0.249. The van der Waals surface area contributed by atoms with Gasteiger partial charge in [-0.1, -0.05) is 19.8 Å². The standard InChI is InChI=1S/C18H37N5/c1-14(2)23-12-15(3)17(13-23)21-18(19-4)20-10-11-22(5)16-8-6-7-9-16/h14-17H,6-13H2,1-5H3,(H2,19,20,21). The van der Waals surface area contributed by atoms with Gasteiger partial charge in [0.05, 0.1) is 0 Å². The second-order valence-electron chi connectivity index (χ2n) is 7.69. The molecule has 2 N–H and O–H groups in total. The van der Waals surface area contributed by atoms with Gasteiger partial charge in [-0.2, -0.15) is 0 Å². The molecule has 5 nitrogen and oxygen atoms in total. The Morgan fingerprint density at radius 3 is 2.52 bits per heavy atom. The minimum absolute atomic E-state index is 0.496. The number of hydrogen-bond donors (Lipinski definition) is 2. The number of nitrogens with zero attached hydrogens (tertiary/aromatic N) is 3. The highest BCUT2D eigenvalue weighted by atomic mass is 15.3. The summed E-state index contributed by atoms with van der Waals surface area (Å²) in [7, 11) is 4.13. The first-order valence-corrected chi connectivity index (χ1v) is 9.42. The summed E-state index contributed by atoms with van der Waals surface area (Å²) in [5, 5.41) is 7.12. The van der Waals surface area contributed by atoms with Gasteiger partial charge >= 0.3 is 0 Å². The van der Waals surface area contributed by atoms with Crippen molar-refractivity contribution in [3.8, 4) is 0 Å². The zero-order chi connectivity index (χ0) is 16.8. The average Bonchev–Trinajstić information content (AvgIpc) is 3.16. The van der Waals surface area contributed by atoms with Crippen LogP contribution in [0, 0.1) is 5.92 Å². The van der Waals surface area contributed by atoms with E-state index in [0.29, 0.717) is 18.0 Å². The molecule has 0 aromatic rings. The van der Waals surface area contributed by atoms with Crippen LogP contribution in [0.4, 0.5) is 0 Å². The fraction of sp³-hybridized carbons (Fsp3) is 0.944. The molecule has 1 aliphatic carbocycles. The molecule has 1 aliphatic heterocycles. The van der Waals surface area contributed by atoms with Gasteiger partial charge in [-0.25, -0.2) is 0 Å². The lowest BCUT2D eigenvalue weighted by Crippen LogP contribution is -2.48. The summed E-state index contributed by atoms with van der Waals surface area (Å²) in [6.07, 6.45) is 5.54. The third-order valence-corrected chi connectivity index (χ3v) is 5.62. The molecule has 0 aromatic carbocycles. The van der Waals surface area contributed by atoms with E-state index in [-0.39, 0.29) is 0 Å². The predicted octanol–water partition coefficient (Wildman–Crippen LogP) is 1.75. The van der Waals surface area contributed by atoms with Gasteiger partial charge < -0.3 is 15.5 Å². The molecule has 5 heteroatoms. The van der Waals surface area contributed by atoms with Crippen LogP contribution in [0.15, 0.2) is 4.99 Å². The summed E-state index contributed by atoms with van der Waals surface area (Å²) in [6, 6.07) is 1.91. The molecule has 0 spiro atoms. The maximum atomic E-state index is 4.41. The normalized spacial score (nSPS) is 27.3. The van der Waals surface area contributed by atoms with E-state index in [2.05, 4.69) is 53.2 Å². The maximum absolute atomic E-state index is 4.41. The van der Waals surface area contributed by atoms with Crippen molar-refractivity contribution in [3.63, 3.8) is 0 Å². The number of likely N-dealkylation sites (tertiary alicyclic amines) is 1. The molecular formula is C18H37N5. The molecule has 1 heterocycles. The highest BCUT2D eigenvalue weighted by Gasteiger charge is 2.31. The third kappa shape index (κ3) is 5.35. The molecule has 0 aromatic heterocycles. The van der Waals surface area contributed by atoms with Gasteiger partial charge in [-0.05, 0) is 39.7 Å². The predicted molar refractivity (Wildman–Crippen MR) is 99.0 cm³/mol. The summed E-state index contributed by atoms with van der Waals surface area (Å²) in [4.78, 5) is 9.46. The molecule has 2 atom stereocenters. The highest BCUT2D eigenvalue weighted by Crippen LogP contribution is 2.22. The third-order valence-electron chi connectivity index (χ3n) is 5.62. The van der Waals surface area contributed by atoms with Crippen LogP contribution in [-0.2, 0) is 0 Å². The molecule has 23 heavy (non-hydrogen) atoms. The van der Waals surface area contributed by atoms with Crippen LogP contribution < -0.4 is 10.6 Å². The van der Waals surface area contributed by atoms with E-state index in [1.165, 1.54) is 32.2 Å². The molecule has 2 unspecified atom stereocenters. The monoisotopic (exact) mass is 323 g/mol. The minimum atomic E-state index is 0.496. The van der Waals surface area contributed by atoms with E-state index >= 15 is 0 Å². The Balaban J connectivity index is 1.71. The van der Waals surface area contributed by atoms with Crippen molar-refractivity contribution in [1.29, 1.82) is 0 Å². The summed E-state index contributed by atoms with van der Waals surface area (Å²) in [5.41, 5.74) is 0. The SMILES string of the molecule is CN=C(NCCN(C)C1CCCC1)NC1CN(C(C)C)CC1C. The molecule has 1 saturated carbocycles. The number of aliphatic imine (C=N–C) groups is 1. The molecule has 0 radical (unpaired) electrons. The van der Waals surface area contributed by atoms with Gasteiger partial charge in [-0.15, -0.1) is 0 Å². The number of nitrogens with one attached hydrogen (secondary N) is 2. The second kappa shape index (κ2) is 8.88. The van der Waals surface area contributed by atoms with Crippen molar-refractivity contribution in [3.05, 3.63) is 0 Å². The Labute approximate surface area is 142 Å². The molecule has 1 saturated heterocycles. The van der Waals surface area contributed by atoms with Crippen molar-refractivity contribution in [2.24, 2.45) is 10.9 Å². The Bertz CT molecular complexity index is 376. The average molecular weight is 324 g/mol. The van der Waals surface area contributed by atoms with Crippen molar-refractivity contribution in [1.82, 2.24) is 20.4 Å². The van der Waals surface area contributed by atoms with Crippen LogP contribution in [0.25, 0.3) is 0 Å². The first-order chi connectivity index (χ1) is 11.0. The number of rotatable bonds is 6. The van der Waals surface area contributed by atoms with Crippen LogP contribution in [0.3, 0.4) is 0 Å². The molecule has 0 bridgehead atoms. The zero-order valence-corrected chi connectivity index (χ0v) is 15.8. The fourth-order valence-corrected chi connectivity index (χ4v) is 3.86. The minimum Gasteiger partial charge on any atom is -0.355 e. The highest BCUT2D eigenvalue weighted by molar-refractivity contribution is 5.80. The summed E-state index contributed by atoms with van der Waals surface area (Å²) >= 11 is 0. The van der Waals surface area contributed by atoms with Crippen LogP contribution in [0.1, 0.15) is 46.5 Å². The first-order valence-electron chi connectivity index (χ1n) is 9.42. The molecule has 2 rings (SSSR count). The van der Waals surface area contributed by atoms with Crippen LogP contribution in [0.2, 0.25) is 0 Å². The summed E-state index contributed by atoms with van der Waals surface area (Å²) in [5.74, 6) is 1.62. The van der Waals surface area contributed by atoms with Gasteiger partial charge in [0, 0.05) is 51.4 Å². The van der Waals surface area contributed by atoms with E-state index in [4.69, 9.17) is 0 Å². The molecule has 2 aliphatic rings. The smallest absolute Gasteiger partial charge is 0.191 e. The summed E-state index contributed by atoms with van der Waals surface area (Å²) in [6.45, 7) is 11.2. The van der Waals surface area contributed by atoms with Gasteiger partial charge in [0.2, 0.25) is 0 Å². The Morgan fingerprint density at radius 2 is 1.96 bits per heavy atom. The van der Waals surface area contributed by atoms with Gasteiger partial charge in [0.15, 0.2) is 5.96 Å². The largest absolute Gasteiger partial charge is 0.355 e. The van der Waals surface area contributed by atoms with Gasteiger partial charge in [0.25, 0.3) is 0 Å². The Hall–Kier alpha value is -0.810. The maximum Gasteiger partial charge on any atom is 0.191 e. The second-order valence-corrected chi connectivity index (χ2v) is 7.69. The van der Waals surface area contributed by atoms with Crippen molar-refractivity contribution < 1.29 is 0 Å². The quantitative estimate of drug-likeness (QED) is 0.577. The van der Waals surface area contributed by atoms with E-state index < -0.39 is 0 Å². The van der Waals surface area contributed by atoms with E-state index in [9.17, 15) is 0 Å².